The van der Waals surface area contributed by atoms with Crippen LogP contribution < -0.4 is 10.5 Å². The Morgan fingerprint density at radius 2 is 1.86 bits per heavy atom. The zero-order valence-electron chi connectivity index (χ0n) is 15.9. The first kappa shape index (κ1) is 19.9. The number of fused-ring (bicyclic) bond motifs is 1. The predicted octanol–water partition coefficient (Wildman–Crippen LogP) is 2.36. The molecule has 0 saturated carbocycles. The minimum atomic E-state index is -3.51. The highest BCUT2D eigenvalue weighted by molar-refractivity contribution is 7.90. The van der Waals surface area contributed by atoms with Crippen molar-refractivity contribution < 1.29 is 22.7 Å². The quantitative estimate of drug-likeness (QED) is 0.587. The van der Waals surface area contributed by atoms with Gasteiger partial charge in [-0.1, -0.05) is 18.2 Å². The number of sulfone groups is 1. The van der Waals surface area contributed by atoms with E-state index in [2.05, 4.69) is 0 Å². The Kier molecular flexibility index (Phi) is 5.16. The van der Waals surface area contributed by atoms with E-state index >= 15 is 0 Å². The number of nitrogen functional groups attached to an aromatic ring is 1. The predicted molar refractivity (Wildman–Crippen MR) is 106 cm³/mol. The van der Waals surface area contributed by atoms with Gasteiger partial charge in [0.15, 0.2) is 0 Å². The van der Waals surface area contributed by atoms with Crippen LogP contribution >= 0.6 is 0 Å². The number of hydrogen-bond acceptors (Lipinski definition) is 6. The lowest BCUT2D eigenvalue weighted by atomic mass is 10.0. The van der Waals surface area contributed by atoms with Crippen molar-refractivity contribution in [3.8, 4) is 5.75 Å². The van der Waals surface area contributed by atoms with E-state index in [1.54, 1.807) is 24.3 Å². The fourth-order valence-electron chi connectivity index (χ4n) is 3.35. The van der Waals surface area contributed by atoms with Crippen molar-refractivity contribution in [1.82, 2.24) is 4.90 Å². The Hall–Kier alpha value is -2.87. The lowest BCUT2D eigenvalue weighted by molar-refractivity contribution is 0.0598. The second kappa shape index (κ2) is 7.27. The molecule has 1 aliphatic rings. The van der Waals surface area contributed by atoms with Crippen LogP contribution in [0.2, 0.25) is 0 Å². The molecule has 1 aliphatic heterocycles. The van der Waals surface area contributed by atoms with E-state index in [0.717, 1.165) is 16.7 Å². The third-order valence-corrected chi connectivity index (χ3v) is 5.57. The molecule has 1 heterocycles. The van der Waals surface area contributed by atoms with E-state index in [1.807, 2.05) is 13.8 Å². The fraction of sp³-hybridized carbons (Fsp3) is 0.300. The van der Waals surface area contributed by atoms with Gasteiger partial charge in [0.25, 0.3) is 11.8 Å². The molecule has 0 fully saturated rings. The molecule has 0 aliphatic carbocycles. The molecule has 0 spiro atoms. The lowest BCUT2D eigenvalue weighted by Gasteiger charge is -2.26. The first-order valence-corrected chi connectivity index (χ1v) is 10.9. The summed E-state index contributed by atoms with van der Waals surface area (Å²) in [7, 11) is -3.51. The number of anilines is 1. The molecule has 2 N–H and O–H groups in total. The van der Waals surface area contributed by atoms with Gasteiger partial charge in [-0.2, -0.15) is 0 Å². The van der Waals surface area contributed by atoms with Gasteiger partial charge < -0.3 is 10.5 Å². The maximum atomic E-state index is 13.0. The van der Waals surface area contributed by atoms with Crippen molar-refractivity contribution in [3.63, 3.8) is 0 Å². The van der Waals surface area contributed by atoms with Crippen LogP contribution in [0.5, 0.6) is 5.75 Å². The number of carbonyl (C=O) groups excluding carboxylic acids is 2. The normalized spacial score (nSPS) is 14.9. The van der Waals surface area contributed by atoms with Gasteiger partial charge in [0.2, 0.25) is 0 Å². The van der Waals surface area contributed by atoms with Crippen molar-refractivity contribution in [2.24, 2.45) is 0 Å². The molecule has 7 nitrogen and oxygen atoms in total. The molecule has 8 heteroatoms. The van der Waals surface area contributed by atoms with E-state index in [1.165, 1.54) is 12.1 Å². The average Bonchev–Trinajstić information content (AvgIpc) is 2.86. The monoisotopic (exact) mass is 402 g/mol. The summed E-state index contributed by atoms with van der Waals surface area (Å²) in [4.78, 5) is 27.0. The summed E-state index contributed by atoms with van der Waals surface area (Å²) in [5.41, 5.74) is 7.76. The Morgan fingerprint density at radius 3 is 2.46 bits per heavy atom. The molecular formula is C20H22N2O5S. The van der Waals surface area contributed by atoms with E-state index in [0.29, 0.717) is 17.9 Å². The van der Waals surface area contributed by atoms with Crippen LogP contribution in [-0.4, -0.2) is 43.7 Å². The number of ether oxygens (including phenoxy) is 1. The maximum absolute atomic E-state index is 13.0. The third-order valence-electron chi connectivity index (χ3n) is 4.65. The second-order valence-corrected chi connectivity index (χ2v) is 9.00. The lowest BCUT2D eigenvalue weighted by Crippen LogP contribution is -2.37. The molecule has 0 radical (unpaired) electrons. The summed E-state index contributed by atoms with van der Waals surface area (Å²) in [6, 6.07) is 8.83. The number of benzene rings is 2. The van der Waals surface area contributed by atoms with Gasteiger partial charge in [-0.3, -0.25) is 14.5 Å². The molecular weight excluding hydrogens is 380 g/mol. The van der Waals surface area contributed by atoms with Crippen molar-refractivity contribution in [2.45, 2.75) is 19.9 Å². The minimum Gasteiger partial charge on any atom is -0.494 e. The van der Waals surface area contributed by atoms with Crippen LogP contribution in [0.3, 0.4) is 0 Å². The molecule has 2 aromatic carbocycles. The molecule has 3 rings (SSSR count). The number of amides is 2. The topological polar surface area (TPSA) is 107 Å². The van der Waals surface area contributed by atoms with Gasteiger partial charge in [0.1, 0.15) is 15.6 Å². The number of nitrogens with two attached hydrogens (primary N) is 1. The number of hydrogen-bond donors (Lipinski definition) is 1. The average molecular weight is 402 g/mol. The van der Waals surface area contributed by atoms with Crippen molar-refractivity contribution >= 4 is 27.3 Å². The SMILES string of the molecule is CCOc1cc([C@H](CS(C)(=O)=O)N2C(=O)c3cccc(N)c3C2=O)ccc1C. The van der Waals surface area contributed by atoms with Gasteiger partial charge in [-0.25, -0.2) is 8.42 Å². The molecule has 2 amide bonds. The van der Waals surface area contributed by atoms with Gasteiger partial charge in [0, 0.05) is 11.9 Å². The Labute approximate surface area is 164 Å². The van der Waals surface area contributed by atoms with Gasteiger partial charge in [-0.05, 0) is 43.2 Å². The Morgan fingerprint density at radius 1 is 1.14 bits per heavy atom. The zero-order chi connectivity index (χ0) is 20.6. The van der Waals surface area contributed by atoms with E-state index in [9.17, 15) is 18.0 Å². The fourth-order valence-corrected chi connectivity index (χ4v) is 4.27. The summed E-state index contributed by atoms with van der Waals surface area (Å²) in [5, 5.41) is 0. The Bertz CT molecular complexity index is 1060. The molecule has 1 atom stereocenters. The van der Waals surface area contributed by atoms with E-state index in [4.69, 9.17) is 10.5 Å². The molecule has 0 bridgehead atoms. The number of nitrogens with zero attached hydrogens (tertiary/aromatic N) is 1. The molecule has 28 heavy (non-hydrogen) atoms. The maximum Gasteiger partial charge on any atom is 0.264 e. The summed E-state index contributed by atoms with van der Waals surface area (Å²) in [5.74, 6) is -0.966. The summed E-state index contributed by atoms with van der Waals surface area (Å²) >= 11 is 0. The molecule has 2 aromatic rings. The molecule has 0 aromatic heterocycles. The number of aryl methyl sites for hydroxylation is 1. The summed E-state index contributed by atoms with van der Waals surface area (Å²) < 4.78 is 29.8. The van der Waals surface area contributed by atoms with Crippen molar-refractivity contribution in [2.75, 3.05) is 24.3 Å². The number of imide groups is 1. The van der Waals surface area contributed by atoms with Crippen LogP contribution in [0.15, 0.2) is 36.4 Å². The van der Waals surface area contributed by atoms with Crippen LogP contribution in [0, 0.1) is 6.92 Å². The highest BCUT2D eigenvalue weighted by Gasteiger charge is 2.42. The van der Waals surface area contributed by atoms with Crippen molar-refractivity contribution in [3.05, 3.63) is 58.7 Å². The highest BCUT2D eigenvalue weighted by atomic mass is 32.2. The summed E-state index contributed by atoms with van der Waals surface area (Å²) in [6.07, 6.45) is 1.07. The van der Waals surface area contributed by atoms with Crippen LogP contribution in [0.4, 0.5) is 5.69 Å². The van der Waals surface area contributed by atoms with Crippen molar-refractivity contribution in [1.29, 1.82) is 0 Å². The van der Waals surface area contributed by atoms with Gasteiger partial charge >= 0.3 is 0 Å². The standard InChI is InChI=1S/C20H22N2O5S/c1-4-27-17-10-13(9-8-12(17)2)16(11-28(3,25)26)22-19(23)14-6-5-7-15(21)18(14)20(22)24/h5-10,16H,4,11,21H2,1-3H3/t16-/m0/s1. The van der Waals surface area contributed by atoms with Crippen LogP contribution in [0.1, 0.15) is 44.8 Å². The summed E-state index contributed by atoms with van der Waals surface area (Å²) in [6.45, 7) is 4.14. The first-order chi connectivity index (χ1) is 13.1. The molecule has 148 valence electrons. The van der Waals surface area contributed by atoms with Crippen LogP contribution in [0.25, 0.3) is 0 Å². The largest absolute Gasteiger partial charge is 0.494 e. The van der Waals surface area contributed by atoms with E-state index < -0.39 is 33.4 Å². The first-order valence-electron chi connectivity index (χ1n) is 8.81. The molecule has 0 saturated heterocycles. The molecule has 0 unspecified atom stereocenters. The number of rotatable bonds is 6. The highest BCUT2D eigenvalue weighted by Crippen LogP contribution is 2.36. The minimum absolute atomic E-state index is 0.114. The third kappa shape index (κ3) is 3.60. The second-order valence-electron chi connectivity index (χ2n) is 6.82. The van der Waals surface area contributed by atoms with E-state index in [-0.39, 0.29) is 16.8 Å². The van der Waals surface area contributed by atoms with Gasteiger partial charge in [-0.15, -0.1) is 0 Å². The number of carbonyl (C=O) groups is 2. The van der Waals surface area contributed by atoms with Crippen LogP contribution in [-0.2, 0) is 9.84 Å². The smallest absolute Gasteiger partial charge is 0.264 e. The Balaban J connectivity index is 2.13. The van der Waals surface area contributed by atoms with Gasteiger partial charge in [0.05, 0.1) is 29.5 Å². The zero-order valence-corrected chi connectivity index (χ0v) is 16.7.